The monoisotopic (exact) mass is 205 g/mol. The maximum absolute atomic E-state index is 11.1. The highest BCUT2D eigenvalue weighted by Crippen LogP contribution is 2.13. The molecule has 1 N–H and O–H groups in total. The molecule has 0 unspecified atom stereocenters. The van der Waals surface area contributed by atoms with E-state index in [1.165, 1.54) is 12.6 Å². The summed E-state index contributed by atoms with van der Waals surface area (Å²) in [6, 6.07) is 3.36. The standard InChI is InChI=1S/C9H7N3O3/c13-4-6(14)8-10-5-11-9(12-8)7-2-1-3-15-7/h1-3,5,13H,4H2. The molecule has 0 saturated carbocycles. The molecule has 15 heavy (non-hydrogen) atoms. The van der Waals surface area contributed by atoms with Gasteiger partial charge in [0.2, 0.25) is 11.6 Å². The highest BCUT2D eigenvalue weighted by Gasteiger charge is 2.11. The zero-order valence-electron chi connectivity index (χ0n) is 7.62. The number of aliphatic hydroxyl groups excluding tert-OH is 1. The van der Waals surface area contributed by atoms with Crippen LogP contribution in [0.5, 0.6) is 0 Å². The van der Waals surface area contributed by atoms with E-state index >= 15 is 0 Å². The molecular formula is C9H7N3O3. The molecule has 6 nitrogen and oxygen atoms in total. The van der Waals surface area contributed by atoms with Gasteiger partial charge in [-0.15, -0.1) is 0 Å². The Balaban J connectivity index is 2.39. The van der Waals surface area contributed by atoms with Crippen LogP contribution in [0.1, 0.15) is 10.6 Å². The molecule has 6 heteroatoms. The third-order valence-corrected chi connectivity index (χ3v) is 1.71. The Morgan fingerprint density at radius 3 is 3.00 bits per heavy atom. The molecule has 0 radical (unpaired) electrons. The Morgan fingerprint density at radius 1 is 1.47 bits per heavy atom. The third kappa shape index (κ3) is 1.89. The van der Waals surface area contributed by atoms with Crippen LogP contribution in [0.4, 0.5) is 0 Å². The van der Waals surface area contributed by atoms with Crippen molar-refractivity contribution in [2.45, 2.75) is 0 Å². The molecule has 0 bridgehead atoms. The van der Waals surface area contributed by atoms with Crippen LogP contribution in [0.3, 0.4) is 0 Å². The first-order valence-corrected chi connectivity index (χ1v) is 4.18. The summed E-state index contributed by atoms with van der Waals surface area (Å²) in [6.07, 6.45) is 2.68. The van der Waals surface area contributed by atoms with E-state index < -0.39 is 12.4 Å². The van der Waals surface area contributed by atoms with Crippen molar-refractivity contribution in [1.29, 1.82) is 0 Å². The molecule has 2 heterocycles. The Hall–Kier alpha value is -2.08. The summed E-state index contributed by atoms with van der Waals surface area (Å²) in [5.74, 6) is 0.0975. The number of carbonyl (C=O) groups excluding carboxylic acids is 1. The summed E-state index contributed by atoms with van der Waals surface area (Å²) in [5, 5.41) is 8.64. The highest BCUT2D eigenvalue weighted by molar-refractivity contribution is 5.93. The average Bonchev–Trinajstić information content (AvgIpc) is 2.82. The van der Waals surface area contributed by atoms with Gasteiger partial charge in [0.05, 0.1) is 6.26 Å². The SMILES string of the molecule is O=C(CO)c1ncnc(-c2ccco2)n1. The van der Waals surface area contributed by atoms with E-state index in [-0.39, 0.29) is 11.6 Å². The van der Waals surface area contributed by atoms with Crippen LogP contribution in [0.25, 0.3) is 11.6 Å². The summed E-state index contributed by atoms with van der Waals surface area (Å²) in [7, 11) is 0. The highest BCUT2D eigenvalue weighted by atomic mass is 16.3. The lowest BCUT2D eigenvalue weighted by Crippen LogP contribution is -2.10. The number of furan rings is 1. The number of aliphatic hydroxyl groups is 1. The first-order valence-electron chi connectivity index (χ1n) is 4.18. The van der Waals surface area contributed by atoms with E-state index in [0.29, 0.717) is 5.76 Å². The van der Waals surface area contributed by atoms with Gasteiger partial charge in [0.1, 0.15) is 12.9 Å². The van der Waals surface area contributed by atoms with E-state index in [9.17, 15) is 4.79 Å². The first kappa shape index (κ1) is 9.47. The fourth-order valence-corrected chi connectivity index (χ4v) is 1.03. The predicted octanol–water partition coefficient (Wildman–Crippen LogP) is 0.307. The number of nitrogens with zero attached hydrogens (tertiary/aromatic N) is 3. The lowest BCUT2D eigenvalue weighted by Gasteiger charge is -1.97. The van der Waals surface area contributed by atoms with Gasteiger partial charge in [0.25, 0.3) is 0 Å². The summed E-state index contributed by atoms with van der Waals surface area (Å²) in [4.78, 5) is 22.5. The largest absolute Gasteiger partial charge is 0.461 e. The van der Waals surface area contributed by atoms with Gasteiger partial charge in [0, 0.05) is 0 Å². The molecule has 0 atom stereocenters. The summed E-state index contributed by atoms with van der Waals surface area (Å²) >= 11 is 0. The van der Waals surface area contributed by atoms with Crippen LogP contribution in [0.2, 0.25) is 0 Å². The van der Waals surface area contributed by atoms with Crippen molar-refractivity contribution >= 4 is 5.78 Å². The topological polar surface area (TPSA) is 89.1 Å². The van der Waals surface area contributed by atoms with E-state index in [1.807, 2.05) is 0 Å². The second kappa shape index (κ2) is 3.97. The zero-order valence-corrected chi connectivity index (χ0v) is 7.62. The Morgan fingerprint density at radius 2 is 2.33 bits per heavy atom. The summed E-state index contributed by atoms with van der Waals surface area (Å²) in [5.41, 5.74) is 0. The van der Waals surface area contributed by atoms with Gasteiger partial charge in [-0.25, -0.2) is 15.0 Å². The number of ketones is 1. The zero-order chi connectivity index (χ0) is 10.7. The van der Waals surface area contributed by atoms with Gasteiger partial charge in [0.15, 0.2) is 11.6 Å². The van der Waals surface area contributed by atoms with Crippen molar-refractivity contribution in [2.75, 3.05) is 6.61 Å². The quantitative estimate of drug-likeness (QED) is 0.725. The van der Waals surface area contributed by atoms with Crippen LogP contribution >= 0.6 is 0 Å². The molecule has 0 aliphatic heterocycles. The van der Waals surface area contributed by atoms with Crippen molar-refractivity contribution in [3.05, 3.63) is 30.5 Å². The van der Waals surface area contributed by atoms with E-state index in [4.69, 9.17) is 9.52 Å². The van der Waals surface area contributed by atoms with Crippen LogP contribution in [0.15, 0.2) is 29.1 Å². The van der Waals surface area contributed by atoms with Crippen LogP contribution in [-0.2, 0) is 0 Å². The average molecular weight is 205 g/mol. The van der Waals surface area contributed by atoms with Crippen molar-refractivity contribution in [3.8, 4) is 11.6 Å². The lowest BCUT2D eigenvalue weighted by molar-refractivity contribution is 0.0893. The van der Waals surface area contributed by atoms with Gasteiger partial charge in [-0.05, 0) is 12.1 Å². The van der Waals surface area contributed by atoms with E-state index in [2.05, 4.69) is 15.0 Å². The Kier molecular flexibility index (Phi) is 2.51. The third-order valence-electron chi connectivity index (χ3n) is 1.71. The molecule has 0 aromatic carbocycles. The number of Topliss-reactive ketones (excluding diaryl/α,β-unsaturated/α-hetero) is 1. The van der Waals surface area contributed by atoms with Gasteiger partial charge in [-0.1, -0.05) is 0 Å². The fourth-order valence-electron chi connectivity index (χ4n) is 1.03. The Bertz CT molecular complexity index is 467. The van der Waals surface area contributed by atoms with Crippen molar-refractivity contribution < 1.29 is 14.3 Å². The first-order chi connectivity index (χ1) is 7.31. The second-order valence-corrected chi connectivity index (χ2v) is 2.69. The molecule has 2 rings (SSSR count). The maximum Gasteiger partial charge on any atom is 0.225 e. The number of hydrogen-bond acceptors (Lipinski definition) is 6. The summed E-state index contributed by atoms with van der Waals surface area (Å²) in [6.45, 7) is -0.623. The molecule has 0 aliphatic rings. The van der Waals surface area contributed by atoms with Crippen molar-refractivity contribution in [1.82, 2.24) is 15.0 Å². The summed E-state index contributed by atoms with van der Waals surface area (Å²) < 4.78 is 5.06. The molecular weight excluding hydrogens is 198 g/mol. The minimum absolute atomic E-state index is 0.0705. The van der Waals surface area contributed by atoms with E-state index in [0.717, 1.165) is 0 Å². The molecule has 0 saturated heterocycles. The van der Waals surface area contributed by atoms with Gasteiger partial charge < -0.3 is 9.52 Å². The van der Waals surface area contributed by atoms with Gasteiger partial charge >= 0.3 is 0 Å². The second-order valence-electron chi connectivity index (χ2n) is 2.69. The molecule has 76 valence electrons. The van der Waals surface area contributed by atoms with Crippen molar-refractivity contribution in [3.63, 3.8) is 0 Å². The minimum Gasteiger partial charge on any atom is -0.461 e. The van der Waals surface area contributed by atoms with Crippen molar-refractivity contribution in [2.24, 2.45) is 0 Å². The number of rotatable bonds is 3. The minimum atomic E-state index is -0.623. The van der Waals surface area contributed by atoms with Gasteiger partial charge in [-0.3, -0.25) is 4.79 Å². The molecule has 0 spiro atoms. The van der Waals surface area contributed by atoms with Crippen LogP contribution < -0.4 is 0 Å². The Labute approximate surface area is 84.6 Å². The molecule has 2 aromatic heterocycles. The maximum atomic E-state index is 11.1. The number of hydrogen-bond donors (Lipinski definition) is 1. The molecule has 0 amide bonds. The predicted molar refractivity (Wildman–Crippen MR) is 48.9 cm³/mol. The van der Waals surface area contributed by atoms with E-state index in [1.54, 1.807) is 12.1 Å². The molecule has 0 fully saturated rings. The molecule has 0 aliphatic carbocycles. The fraction of sp³-hybridized carbons (Fsp3) is 0.111. The lowest BCUT2D eigenvalue weighted by atomic mass is 10.3. The number of aromatic nitrogens is 3. The van der Waals surface area contributed by atoms with Crippen LogP contribution in [-0.4, -0.2) is 32.4 Å². The smallest absolute Gasteiger partial charge is 0.225 e. The molecule has 2 aromatic rings. The van der Waals surface area contributed by atoms with Gasteiger partial charge in [-0.2, -0.15) is 0 Å². The van der Waals surface area contributed by atoms with Crippen LogP contribution in [0, 0.1) is 0 Å². The number of carbonyl (C=O) groups is 1. The normalized spacial score (nSPS) is 10.2.